The van der Waals surface area contributed by atoms with Crippen LogP contribution in [-0.2, 0) is 9.59 Å². The van der Waals surface area contributed by atoms with Crippen molar-refractivity contribution in [3.05, 3.63) is 23.8 Å². The fourth-order valence-electron chi connectivity index (χ4n) is 2.20. The average molecular weight is 221 g/mol. The molecule has 2 rings (SSSR count). The van der Waals surface area contributed by atoms with E-state index in [0.29, 0.717) is 18.5 Å². The molecule has 1 saturated heterocycles. The molecular weight excluding hydrogens is 206 g/mol. The van der Waals surface area contributed by atoms with Gasteiger partial charge in [-0.1, -0.05) is 18.2 Å². The van der Waals surface area contributed by atoms with Crippen LogP contribution < -0.4 is 0 Å². The second-order valence-corrected chi connectivity index (χ2v) is 4.13. The molecule has 0 radical (unpaired) electrons. The number of rotatable bonds is 2. The number of hydrogen-bond donors (Lipinski definition) is 1. The fourth-order valence-corrected chi connectivity index (χ4v) is 2.20. The van der Waals surface area contributed by atoms with E-state index in [0.717, 1.165) is 19.3 Å². The summed E-state index contributed by atoms with van der Waals surface area (Å²) in [6.45, 7) is 0.557. The lowest BCUT2D eigenvalue weighted by Gasteiger charge is -2.22. The van der Waals surface area contributed by atoms with Gasteiger partial charge in [0.2, 0.25) is 0 Å². The van der Waals surface area contributed by atoms with Crippen LogP contribution in [0.5, 0.6) is 0 Å². The number of carbonyl (C=O) groups excluding carboxylic acids is 1. The number of likely N-dealkylation sites (tertiary alicyclic amines) is 1. The highest BCUT2D eigenvalue weighted by atomic mass is 16.4. The van der Waals surface area contributed by atoms with E-state index in [1.165, 1.54) is 4.90 Å². The number of carbonyl (C=O) groups is 2. The first-order valence-electron chi connectivity index (χ1n) is 5.60. The lowest BCUT2D eigenvalue weighted by Crippen LogP contribution is -2.41. The second-order valence-electron chi connectivity index (χ2n) is 4.13. The third-order valence-electron chi connectivity index (χ3n) is 3.04. The Morgan fingerprint density at radius 1 is 1.38 bits per heavy atom. The molecule has 16 heavy (non-hydrogen) atoms. The Morgan fingerprint density at radius 3 is 2.81 bits per heavy atom. The number of nitrogens with zero attached hydrogens (tertiary/aromatic N) is 1. The Balaban J connectivity index is 2.12. The summed E-state index contributed by atoms with van der Waals surface area (Å²) < 4.78 is 0. The van der Waals surface area contributed by atoms with Gasteiger partial charge < -0.3 is 10.0 Å². The van der Waals surface area contributed by atoms with Crippen LogP contribution in [0.25, 0.3) is 0 Å². The maximum Gasteiger partial charge on any atom is 0.326 e. The van der Waals surface area contributed by atoms with Crippen molar-refractivity contribution in [3.63, 3.8) is 0 Å². The number of allylic oxidation sites excluding steroid dienone is 2. The van der Waals surface area contributed by atoms with E-state index >= 15 is 0 Å². The van der Waals surface area contributed by atoms with Gasteiger partial charge >= 0.3 is 5.97 Å². The molecule has 4 nitrogen and oxygen atoms in total. The van der Waals surface area contributed by atoms with E-state index in [1.807, 2.05) is 12.2 Å². The molecule has 0 aromatic carbocycles. The number of carboxylic acids is 1. The van der Waals surface area contributed by atoms with Crippen molar-refractivity contribution in [2.75, 3.05) is 6.54 Å². The molecule has 2 aliphatic rings. The largest absolute Gasteiger partial charge is 0.480 e. The molecule has 1 atom stereocenters. The van der Waals surface area contributed by atoms with Gasteiger partial charge in [0.05, 0.1) is 0 Å². The molecule has 1 unspecified atom stereocenters. The molecule has 1 heterocycles. The molecule has 0 saturated carbocycles. The molecule has 0 aromatic rings. The summed E-state index contributed by atoms with van der Waals surface area (Å²) in [7, 11) is 0. The minimum absolute atomic E-state index is 0.138. The Bertz CT molecular complexity index is 370. The minimum atomic E-state index is -0.897. The first-order valence-corrected chi connectivity index (χ1v) is 5.60. The van der Waals surface area contributed by atoms with Gasteiger partial charge in [0.15, 0.2) is 0 Å². The van der Waals surface area contributed by atoms with Crippen LogP contribution in [0.15, 0.2) is 23.8 Å². The van der Waals surface area contributed by atoms with Crippen molar-refractivity contribution < 1.29 is 14.7 Å². The topological polar surface area (TPSA) is 57.6 Å². The van der Waals surface area contributed by atoms with Crippen LogP contribution in [0.2, 0.25) is 0 Å². The lowest BCUT2D eigenvalue weighted by atomic mass is 10.1. The first-order chi connectivity index (χ1) is 7.70. The summed E-state index contributed by atoms with van der Waals surface area (Å²) in [6, 6.07) is -0.635. The van der Waals surface area contributed by atoms with Gasteiger partial charge in [-0.3, -0.25) is 4.79 Å². The first kappa shape index (κ1) is 10.9. The number of aliphatic carboxylic acids is 1. The summed E-state index contributed by atoms with van der Waals surface area (Å²) >= 11 is 0. The Hall–Kier alpha value is -1.58. The van der Waals surface area contributed by atoms with Crippen molar-refractivity contribution in [1.82, 2.24) is 4.90 Å². The third kappa shape index (κ3) is 2.01. The van der Waals surface area contributed by atoms with Gasteiger partial charge in [-0.25, -0.2) is 4.79 Å². The molecule has 1 aliphatic carbocycles. The Labute approximate surface area is 94.2 Å². The van der Waals surface area contributed by atoms with E-state index < -0.39 is 12.0 Å². The number of carboxylic acid groups (broad SMARTS) is 1. The van der Waals surface area contributed by atoms with Crippen molar-refractivity contribution in [2.24, 2.45) is 0 Å². The molecule has 1 amide bonds. The normalized spacial score (nSPS) is 24.4. The molecule has 1 fully saturated rings. The van der Waals surface area contributed by atoms with Crippen LogP contribution in [0, 0.1) is 0 Å². The predicted molar refractivity (Wildman–Crippen MR) is 58.8 cm³/mol. The minimum Gasteiger partial charge on any atom is -0.480 e. The number of hydrogen-bond acceptors (Lipinski definition) is 2. The average Bonchev–Trinajstić information content (AvgIpc) is 2.78. The van der Waals surface area contributed by atoms with E-state index in [1.54, 1.807) is 6.08 Å². The molecule has 0 bridgehead atoms. The van der Waals surface area contributed by atoms with Crippen LogP contribution >= 0.6 is 0 Å². The van der Waals surface area contributed by atoms with Crippen LogP contribution in [0.3, 0.4) is 0 Å². The fraction of sp³-hybridized carbons (Fsp3) is 0.500. The zero-order chi connectivity index (χ0) is 11.5. The quantitative estimate of drug-likeness (QED) is 0.765. The summed E-state index contributed by atoms with van der Waals surface area (Å²) in [4.78, 5) is 24.5. The van der Waals surface area contributed by atoms with Crippen LogP contribution in [-0.4, -0.2) is 34.5 Å². The molecule has 86 valence electrons. The van der Waals surface area contributed by atoms with Gasteiger partial charge in [0.1, 0.15) is 6.04 Å². The highest BCUT2D eigenvalue weighted by Crippen LogP contribution is 2.21. The lowest BCUT2D eigenvalue weighted by molar-refractivity contribution is -0.146. The molecule has 4 heteroatoms. The summed E-state index contributed by atoms with van der Waals surface area (Å²) in [5.74, 6) is -1.04. The highest BCUT2D eigenvalue weighted by Gasteiger charge is 2.34. The second kappa shape index (κ2) is 4.51. The van der Waals surface area contributed by atoms with Gasteiger partial charge in [-0.2, -0.15) is 0 Å². The van der Waals surface area contributed by atoms with Gasteiger partial charge in [-0.05, 0) is 25.7 Å². The molecule has 0 aromatic heterocycles. The van der Waals surface area contributed by atoms with Crippen LogP contribution in [0.1, 0.15) is 25.7 Å². The van der Waals surface area contributed by atoms with Crippen molar-refractivity contribution >= 4 is 11.9 Å². The van der Waals surface area contributed by atoms with Crippen molar-refractivity contribution in [2.45, 2.75) is 31.7 Å². The highest BCUT2D eigenvalue weighted by molar-refractivity contribution is 5.98. The zero-order valence-corrected chi connectivity index (χ0v) is 9.06. The summed E-state index contributed by atoms with van der Waals surface area (Å²) in [5.41, 5.74) is 0.638. The van der Waals surface area contributed by atoms with E-state index in [2.05, 4.69) is 0 Å². The molecule has 1 N–H and O–H groups in total. The third-order valence-corrected chi connectivity index (χ3v) is 3.04. The summed E-state index contributed by atoms with van der Waals surface area (Å²) in [6.07, 6.45) is 8.81. The standard InChI is InChI=1S/C12H15NO3/c14-11(9-5-2-1-3-6-9)13-8-4-7-10(13)12(15)16/h2,5-6,10H,1,3-4,7-8H2,(H,15,16). The molecular formula is C12H15NO3. The van der Waals surface area contributed by atoms with Crippen molar-refractivity contribution in [3.8, 4) is 0 Å². The monoisotopic (exact) mass is 221 g/mol. The predicted octanol–water partition coefficient (Wildman–Crippen LogP) is 1.34. The van der Waals surface area contributed by atoms with E-state index in [4.69, 9.17) is 5.11 Å². The smallest absolute Gasteiger partial charge is 0.326 e. The number of amides is 1. The molecule has 1 aliphatic heterocycles. The van der Waals surface area contributed by atoms with Gasteiger partial charge in [0.25, 0.3) is 5.91 Å². The zero-order valence-electron chi connectivity index (χ0n) is 9.06. The van der Waals surface area contributed by atoms with Gasteiger partial charge in [-0.15, -0.1) is 0 Å². The van der Waals surface area contributed by atoms with E-state index in [-0.39, 0.29) is 5.91 Å². The SMILES string of the molecule is O=C(O)C1CCCN1C(=O)C1=CCCC=C1. The Morgan fingerprint density at radius 2 is 2.19 bits per heavy atom. The van der Waals surface area contributed by atoms with Crippen LogP contribution in [0.4, 0.5) is 0 Å². The Kier molecular flexibility index (Phi) is 3.08. The van der Waals surface area contributed by atoms with E-state index in [9.17, 15) is 9.59 Å². The molecule has 0 spiro atoms. The maximum atomic E-state index is 12.1. The summed E-state index contributed by atoms with van der Waals surface area (Å²) in [5, 5.41) is 9.00. The van der Waals surface area contributed by atoms with Crippen molar-refractivity contribution in [1.29, 1.82) is 0 Å². The maximum absolute atomic E-state index is 12.1. The van der Waals surface area contributed by atoms with Gasteiger partial charge in [0, 0.05) is 12.1 Å².